The largest absolute Gasteiger partial charge is 0.455 e. The molecule has 10 aromatic rings. The van der Waals surface area contributed by atoms with E-state index in [0.29, 0.717) is 0 Å². The lowest BCUT2D eigenvalue weighted by Crippen LogP contribution is -2.15. The highest BCUT2D eigenvalue weighted by atomic mass is 16.3. The Morgan fingerprint density at radius 3 is 1.85 bits per heavy atom. The normalized spacial score (nSPS) is 13.2. The topological polar surface area (TPSA) is 18.1 Å². The molecule has 1 aliphatic rings. The van der Waals surface area contributed by atoms with Gasteiger partial charge in [0.25, 0.3) is 0 Å². The Labute approximate surface area is 308 Å². The van der Waals surface area contributed by atoms with Crippen LogP contribution in [-0.2, 0) is 5.41 Å². The number of benzene rings is 8. The van der Waals surface area contributed by atoms with Crippen LogP contribution >= 0.6 is 0 Å². The van der Waals surface area contributed by atoms with Gasteiger partial charge >= 0.3 is 0 Å². The summed E-state index contributed by atoms with van der Waals surface area (Å²) in [7, 11) is 0. The van der Waals surface area contributed by atoms with Crippen molar-refractivity contribution in [1.29, 1.82) is 0 Å². The van der Waals surface area contributed by atoms with Gasteiger partial charge in [0, 0.05) is 38.2 Å². The standard InChI is InChI=1S/C51H35NO/c1-51(2)45-30-35(22-25-39(45)40-26-23-36(31-46(40)51)38-18-11-19-43-42-17-7-9-21-49(42)53-50(38)43)34-24-27-48-44(29-34)41-16-6-8-20-47(41)52(48)37-15-10-14-33(28-37)32-12-4-3-5-13-32/h3-31H,1-2H3. The Bertz CT molecular complexity index is 3080. The number of rotatable bonds is 4. The van der Waals surface area contributed by atoms with Gasteiger partial charge in [-0.05, 0) is 98.6 Å². The maximum absolute atomic E-state index is 6.44. The maximum Gasteiger partial charge on any atom is 0.143 e. The highest BCUT2D eigenvalue weighted by Crippen LogP contribution is 2.51. The predicted molar refractivity (Wildman–Crippen MR) is 222 cm³/mol. The van der Waals surface area contributed by atoms with Crippen molar-refractivity contribution in [3.8, 4) is 50.2 Å². The Hall–Kier alpha value is -6.64. The van der Waals surface area contributed by atoms with Crippen molar-refractivity contribution in [2.24, 2.45) is 0 Å². The van der Waals surface area contributed by atoms with Crippen molar-refractivity contribution in [3.63, 3.8) is 0 Å². The van der Waals surface area contributed by atoms with Crippen molar-refractivity contribution >= 4 is 43.7 Å². The average Bonchev–Trinajstić information content (AvgIpc) is 3.83. The van der Waals surface area contributed by atoms with Gasteiger partial charge in [-0.2, -0.15) is 0 Å². The van der Waals surface area contributed by atoms with Gasteiger partial charge in [0.05, 0.1) is 11.0 Å². The fraction of sp³-hybridized carbons (Fsp3) is 0.0588. The quantitative estimate of drug-likeness (QED) is 0.181. The monoisotopic (exact) mass is 677 g/mol. The lowest BCUT2D eigenvalue weighted by Gasteiger charge is -2.22. The van der Waals surface area contributed by atoms with Crippen LogP contribution in [0.4, 0.5) is 0 Å². The van der Waals surface area contributed by atoms with Crippen LogP contribution in [0, 0.1) is 0 Å². The second-order valence-corrected chi connectivity index (χ2v) is 14.9. The van der Waals surface area contributed by atoms with Gasteiger partial charge in [-0.25, -0.2) is 0 Å². The molecular weight excluding hydrogens is 643 g/mol. The summed E-state index contributed by atoms with van der Waals surface area (Å²) in [5, 5.41) is 4.84. The van der Waals surface area contributed by atoms with Crippen LogP contribution in [0.3, 0.4) is 0 Å². The van der Waals surface area contributed by atoms with E-state index in [4.69, 9.17) is 4.42 Å². The first-order valence-corrected chi connectivity index (χ1v) is 18.4. The molecule has 0 saturated heterocycles. The van der Waals surface area contributed by atoms with E-state index in [1.807, 2.05) is 6.07 Å². The summed E-state index contributed by atoms with van der Waals surface area (Å²) in [6, 6.07) is 64.1. The molecule has 0 atom stereocenters. The van der Waals surface area contributed by atoms with Gasteiger partial charge in [0.1, 0.15) is 11.2 Å². The first-order chi connectivity index (χ1) is 26.0. The highest BCUT2D eigenvalue weighted by molar-refractivity contribution is 6.11. The Morgan fingerprint density at radius 1 is 0.396 bits per heavy atom. The molecule has 2 nitrogen and oxygen atoms in total. The van der Waals surface area contributed by atoms with Gasteiger partial charge in [0.15, 0.2) is 0 Å². The van der Waals surface area contributed by atoms with Crippen LogP contribution in [0.2, 0.25) is 0 Å². The van der Waals surface area contributed by atoms with Crippen LogP contribution < -0.4 is 0 Å². The summed E-state index contributed by atoms with van der Waals surface area (Å²) in [6.45, 7) is 4.74. The predicted octanol–water partition coefficient (Wildman–Crippen LogP) is 14.0. The minimum Gasteiger partial charge on any atom is -0.455 e. The number of furan rings is 1. The van der Waals surface area contributed by atoms with E-state index in [-0.39, 0.29) is 5.41 Å². The molecule has 250 valence electrons. The number of para-hydroxylation sites is 3. The van der Waals surface area contributed by atoms with Crippen molar-refractivity contribution in [1.82, 2.24) is 4.57 Å². The summed E-state index contributed by atoms with van der Waals surface area (Å²) in [4.78, 5) is 0. The molecule has 0 bridgehead atoms. The van der Waals surface area contributed by atoms with E-state index >= 15 is 0 Å². The first-order valence-electron chi connectivity index (χ1n) is 18.4. The molecular formula is C51H35NO. The fourth-order valence-electron chi connectivity index (χ4n) is 8.94. The molecule has 0 unspecified atom stereocenters. The third-order valence-corrected chi connectivity index (χ3v) is 11.6. The van der Waals surface area contributed by atoms with Crippen molar-refractivity contribution < 1.29 is 4.42 Å². The van der Waals surface area contributed by atoms with Crippen molar-refractivity contribution in [3.05, 3.63) is 187 Å². The third-order valence-electron chi connectivity index (χ3n) is 11.6. The van der Waals surface area contributed by atoms with Crippen LogP contribution in [0.5, 0.6) is 0 Å². The minimum absolute atomic E-state index is 0.164. The van der Waals surface area contributed by atoms with E-state index in [1.54, 1.807) is 0 Å². The molecule has 11 rings (SSSR count). The third kappa shape index (κ3) is 4.45. The van der Waals surface area contributed by atoms with Crippen molar-refractivity contribution in [2.45, 2.75) is 19.3 Å². The number of fused-ring (bicyclic) bond motifs is 9. The summed E-state index contributed by atoms with van der Waals surface area (Å²) in [5.41, 5.74) is 17.9. The van der Waals surface area contributed by atoms with E-state index in [9.17, 15) is 0 Å². The summed E-state index contributed by atoms with van der Waals surface area (Å²) in [5.74, 6) is 0. The molecule has 0 amide bonds. The van der Waals surface area contributed by atoms with Gasteiger partial charge < -0.3 is 8.98 Å². The minimum atomic E-state index is -0.164. The van der Waals surface area contributed by atoms with Crippen molar-refractivity contribution in [2.75, 3.05) is 0 Å². The molecule has 53 heavy (non-hydrogen) atoms. The van der Waals surface area contributed by atoms with E-state index in [2.05, 4.69) is 188 Å². The summed E-state index contributed by atoms with van der Waals surface area (Å²) in [6.07, 6.45) is 0. The van der Waals surface area contributed by atoms with E-state index < -0.39 is 0 Å². The highest BCUT2D eigenvalue weighted by Gasteiger charge is 2.36. The number of hydrogen-bond donors (Lipinski definition) is 0. The Balaban J connectivity index is 1.00. The zero-order chi connectivity index (χ0) is 35.3. The van der Waals surface area contributed by atoms with Crippen LogP contribution in [0.25, 0.3) is 93.9 Å². The molecule has 2 heteroatoms. The Kier molecular flexibility index (Phi) is 6.33. The molecule has 2 heterocycles. The van der Waals surface area contributed by atoms with E-state index in [1.165, 1.54) is 77.6 Å². The maximum atomic E-state index is 6.44. The SMILES string of the molecule is CC1(C)c2cc(-c3ccc4c(c3)c3ccccc3n4-c3cccc(-c4ccccc4)c3)ccc2-c2ccc(-c3cccc4c3oc3ccccc34)cc21. The number of nitrogens with zero attached hydrogens (tertiary/aromatic N) is 1. The average molecular weight is 678 g/mol. The molecule has 0 spiro atoms. The molecule has 8 aromatic carbocycles. The second-order valence-electron chi connectivity index (χ2n) is 14.9. The smallest absolute Gasteiger partial charge is 0.143 e. The van der Waals surface area contributed by atoms with Crippen LogP contribution in [0.1, 0.15) is 25.0 Å². The lowest BCUT2D eigenvalue weighted by molar-refractivity contribution is 0.660. The molecule has 1 aliphatic carbocycles. The molecule has 0 radical (unpaired) electrons. The Morgan fingerprint density at radius 2 is 1.00 bits per heavy atom. The molecule has 2 aromatic heterocycles. The summed E-state index contributed by atoms with van der Waals surface area (Å²) >= 11 is 0. The molecule has 0 saturated carbocycles. The molecule has 0 fully saturated rings. The van der Waals surface area contributed by atoms with Gasteiger partial charge in [0.2, 0.25) is 0 Å². The van der Waals surface area contributed by atoms with Gasteiger partial charge in [-0.1, -0.05) is 141 Å². The van der Waals surface area contributed by atoms with Gasteiger partial charge in [-0.15, -0.1) is 0 Å². The summed E-state index contributed by atoms with van der Waals surface area (Å²) < 4.78 is 8.85. The van der Waals surface area contributed by atoms with E-state index in [0.717, 1.165) is 27.5 Å². The molecule has 0 aliphatic heterocycles. The zero-order valence-electron chi connectivity index (χ0n) is 29.6. The van der Waals surface area contributed by atoms with Gasteiger partial charge in [-0.3, -0.25) is 0 Å². The first kappa shape index (κ1) is 30.0. The van der Waals surface area contributed by atoms with Crippen LogP contribution in [0.15, 0.2) is 180 Å². The lowest BCUT2D eigenvalue weighted by atomic mass is 9.80. The number of aromatic nitrogens is 1. The fourth-order valence-corrected chi connectivity index (χ4v) is 8.94. The molecule has 0 N–H and O–H groups in total. The van der Waals surface area contributed by atoms with Crippen LogP contribution in [-0.4, -0.2) is 4.57 Å². The second kappa shape index (κ2) is 11.2. The zero-order valence-corrected chi connectivity index (χ0v) is 29.6. The number of hydrogen-bond acceptors (Lipinski definition) is 1.